The van der Waals surface area contributed by atoms with Gasteiger partial charge in [0.15, 0.2) is 6.10 Å². The van der Waals surface area contributed by atoms with Crippen LogP contribution >= 0.6 is 0 Å². The van der Waals surface area contributed by atoms with E-state index in [4.69, 9.17) is 0 Å². The molecule has 1 fully saturated rings. The van der Waals surface area contributed by atoms with E-state index in [0.717, 1.165) is 0 Å². The molecule has 1 rings (SSSR count). The predicted octanol–water partition coefficient (Wildman–Crippen LogP) is -0.952. The summed E-state index contributed by atoms with van der Waals surface area (Å²) in [5.41, 5.74) is 0. The third-order valence-electron chi connectivity index (χ3n) is 1.06. The van der Waals surface area contributed by atoms with Crippen molar-refractivity contribution in [2.75, 3.05) is 6.54 Å². The molecule has 0 aromatic carbocycles. The first kappa shape index (κ1) is 6.07. The maximum absolute atomic E-state index is 10.4. The standard InChI is InChI=1S/C5H7NO3/c1-3(7)9-4-2-6-5(4)8/h4H,2H2,1H3,(H,6,8). The molecule has 9 heavy (non-hydrogen) atoms. The molecule has 1 heterocycles. The van der Waals surface area contributed by atoms with Crippen LogP contribution in [0.3, 0.4) is 0 Å². The van der Waals surface area contributed by atoms with E-state index in [1.807, 2.05) is 0 Å². The van der Waals surface area contributed by atoms with Gasteiger partial charge in [-0.3, -0.25) is 9.59 Å². The Kier molecular flexibility index (Phi) is 1.38. The molecule has 4 nitrogen and oxygen atoms in total. The van der Waals surface area contributed by atoms with Gasteiger partial charge in [-0.05, 0) is 0 Å². The second-order valence-corrected chi connectivity index (χ2v) is 1.84. The Morgan fingerprint density at radius 1 is 1.89 bits per heavy atom. The van der Waals surface area contributed by atoms with Crippen LogP contribution in [0.1, 0.15) is 6.92 Å². The average molecular weight is 129 g/mol. The fourth-order valence-electron chi connectivity index (χ4n) is 0.564. The van der Waals surface area contributed by atoms with Crippen LogP contribution in [0.5, 0.6) is 0 Å². The van der Waals surface area contributed by atoms with Gasteiger partial charge in [0.05, 0.1) is 6.54 Å². The molecule has 0 aromatic rings. The Labute approximate surface area is 52.2 Å². The summed E-state index contributed by atoms with van der Waals surface area (Å²) in [6, 6.07) is 0. The van der Waals surface area contributed by atoms with E-state index in [1.165, 1.54) is 6.92 Å². The number of amides is 1. The van der Waals surface area contributed by atoms with Crippen molar-refractivity contribution in [3.8, 4) is 0 Å². The third-order valence-corrected chi connectivity index (χ3v) is 1.06. The molecule has 1 atom stereocenters. The summed E-state index contributed by atoms with van der Waals surface area (Å²) >= 11 is 0. The Morgan fingerprint density at radius 3 is 2.67 bits per heavy atom. The predicted molar refractivity (Wildman–Crippen MR) is 28.6 cm³/mol. The lowest BCUT2D eigenvalue weighted by Gasteiger charge is -2.24. The molecule has 0 bridgehead atoms. The number of esters is 1. The number of rotatable bonds is 1. The molecule has 0 radical (unpaired) electrons. The van der Waals surface area contributed by atoms with E-state index < -0.39 is 12.1 Å². The number of carbonyl (C=O) groups is 2. The van der Waals surface area contributed by atoms with Crippen LogP contribution in [-0.4, -0.2) is 24.5 Å². The van der Waals surface area contributed by atoms with E-state index in [9.17, 15) is 9.59 Å². The monoisotopic (exact) mass is 129 g/mol. The second-order valence-electron chi connectivity index (χ2n) is 1.84. The largest absolute Gasteiger partial charge is 0.451 e. The number of hydrogen-bond acceptors (Lipinski definition) is 3. The van der Waals surface area contributed by atoms with Crippen molar-refractivity contribution < 1.29 is 14.3 Å². The second kappa shape index (κ2) is 2.05. The maximum atomic E-state index is 10.4. The van der Waals surface area contributed by atoms with Gasteiger partial charge in [0.2, 0.25) is 0 Å². The van der Waals surface area contributed by atoms with E-state index in [1.54, 1.807) is 0 Å². The van der Waals surface area contributed by atoms with E-state index in [2.05, 4.69) is 10.1 Å². The quantitative estimate of drug-likeness (QED) is 0.367. The highest BCUT2D eigenvalue weighted by Gasteiger charge is 2.29. The normalized spacial score (nSPS) is 24.1. The summed E-state index contributed by atoms with van der Waals surface area (Å²) in [7, 11) is 0. The molecule has 0 spiro atoms. The number of nitrogens with one attached hydrogen (secondary N) is 1. The van der Waals surface area contributed by atoms with Crippen molar-refractivity contribution in [3.63, 3.8) is 0 Å². The Morgan fingerprint density at radius 2 is 2.56 bits per heavy atom. The highest BCUT2D eigenvalue weighted by Crippen LogP contribution is 1.99. The average Bonchev–Trinajstić information content (AvgIpc) is 1.79. The SMILES string of the molecule is CC(=O)OC1CNC1=O. The van der Waals surface area contributed by atoms with Crippen molar-refractivity contribution >= 4 is 11.9 Å². The Hall–Kier alpha value is -1.06. The minimum atomic E-state index is -0.525. The molecule has 0 aliphatic carbocycles. The van der Waals surface area contributed by atoms with E-state index in [0.29, 0.717) is 6.54 Å². The number of hydrogen-bond donors (Lipinski definition) is 1. The van der Waals surface area contributed by atoms with Crippen molar-refractivity contribution in [1.29, 1.82) is 0 Å². The lowest BCUT2D eigenvalue weighted by molar-refractivity contribution is -0.159. The summed E-state index contributed by atoms with van der Waals surface area (Å²) in [5.74, 6) is -0.611. The van der Waals surface area contributed by atoms with Crippen LogP contribution in [0, 0.1) is 0 Å². The van der Waals surface area contributed by atoms with Gasteiger partial charge >= 0.3 is 5.97 Å². The fraction of sp³-hybridized carbons (Fsp3) is 0.600. The van der Waals surface area contributed by atoms with E-state index >= 15 is 0 Å². The molecule has 1 aliphatic rings. The number of ether oxygens (including phenoxy) is 1. The van der Waals surface area contributed by atoms with Gasteiger partial charge in [-0.1, -0.05) is 0 Å². The number of β-lactam (4-membered cyclic amide) rings is 1. The van der Waals surface area contributed by atoms with Crippen molar-refractivity contribution in [2.24, 2.45) is 0 Å². The summed E-state index contributed by atoms with van der Waals surface area (Å²) < 4.78 is 4.55. The van der Waals surface area contributed by atoms with Gasteiger partial charge in [0.1, 0.15) is 0 Å². The van der Waals surface area contributed by atoms with E-state index in [-0.39, 0.29) is 5.91 Å². The lowest BCUT2D eigenvalue weighted by Crippen LogP contribution is -2.55. The third kappa shape index (κ3) is 1.19. The molecule has 0 aromatic heterocycles. The van der Waals surface area contributed by atoms with Crippen LogP contribution in [0.4, 0.5) is 0 Å². The zero-order chi connectivity index (χ0) is 6.85. The first-order chi connectivity index (χ1) is 4.20. The first-order valence-electron chi connectivity index (χ1n) is 2.65. The molecular weight excluding hydrogens is 122 g/mol. The summed E-state index contributed by atoms with van der Waals surface area (Å²) in [6.07, 6.45) is -0.525. The van der Waals surface area contributed by atoms with Crippen LogP contribution < -0.4 is 5.32 Å². The van der Waals surface area contributed by atoms with Crippen LogP contribution in [0.15, 0.2) is 0 Å². The zero-order valence-corrected chi connectivity index (χ0v) is 5.01. The van der Waals surface area contributed by atoms with Gasteiger partial charge in [0.25, 0.3) is 5.91 Å². The van der Waals surface area contributed by atoms with Crippen LogP contribution in [-0.2, 0) is 14.3 Å². The minimum Gasteiger partial charge on any atom is -0.451 e. The molecule has 0 saturated carbocycles. The fourth-order valence-corrected chi connectivity index (χ4v) is 0.564. The summed E-state index contributed by atoms with van der Waals surface area (Å²) in [5, 5.41) is 2.45. The van der Waals surface area contributed by atoms with Crippen molar-refractivity contribution in [3.05, 3.63) is 0 Å². The van der Waals surface area contributed by atoms with Crippen molar-refractivity contribution in [1.82, 2.24) is 5.32 Å². The van der Waals surface area contributed by atoms with Crippen LogP contribution in [0.2, 0.25) is 0 Å². The molecule has 1 amide bonds. The molecule has 1 saturated heterocycles. The summed E-state index contributed by atoms with van der Waals surface area (Å²) in [6.45, 7) is 1.74. The Bertz CT molecular complexity index is 154. The van der Waals surface area contributed by atoms with Gasteiger partial charge in [0, 0.05) is 6.92 Å². The lowest BCUT2D eigenvalue weighted by atomic mass is 10.2. The number of carbonyl (C=O) groups excluding carboxylic acids is 2. The maximum Gasteiger partial charge on any atom is 0.303 e. The Balaban J connectivity index is 2.29. The van der Waals surface area contributed by atoms with Gasteiger partial charge in [-0.15, -0.1) is 0 Å². The van der Waals surface area contributed by atoms with Gasteiger partial charge in [-0.2, -0.15) is 0 Å². The smallest absolute Gasteiger partial charge is 0.303 e. The van der Waals surface area contributed by atoms with Crippen LogP contribution in [0.25, 0.3) is 0 Å². The van der Waals surface area contributed by atoms with Gasteiger partial charge in [-0.25, -0.2) is 0 Å². The highest BCUT2D eigenvalue weighted by atomic mass is 16.5. The molecule has 1 N–H and O–H groups in total. The first-order valence-corrected chi connectivity index (χ1v) is 2.65. The summed E-state index contributed by atoms with van der Waals surface area (Å²) in [4.78, 5) is 20.6. The highest BCUT2D eigenvalue weighted by molar-refractivity contribution is 5.88. The molecule has 1 unspecified atom stereocenters. The molecule has 1 aliphatic heterocycles. The van der Waals surface area contributed by atoms with Crippen molar-refractivity contribution in [2.45, 2.75) is 13.0 Å². The topological polar surface area (TPSA) is 55.4 Å². The minimum absolute atomic E-state index is 0.204. The molecule has 50 valence electrons. The molecule has 4 heteroatoms. The zero-order valence-electron chi connectivity index (χ0n) is 5.01. The molecular formula is C5H7NO3. The van der Waals surface area contributed by atoms with Gasteiger partial charge < -0.3 is 10.1 Å².